The number of nitriles is 1. The van der Waals surface area contributed by atoms with Gasteiger partial charge in [-0.2, -0.15) is 5.26 Å². The molecule has 0 amide bonds. The number of methoxy groups -OCH3 is 2. The van der Waals surface area contributed by atoms with Crippen molar-refractivity contribution in [3.8, 4) is 28.8 Å². The van der Waals surface area contributed by atoms with Gasteiger partial charge < -0.3 is 14.8 Å². The van der Waals surface area contributed by atoms with E-state index in [1.54, 1.807) is 18.3 Å². The lowest BCUT2D eigenvalue weighted by atomic mass is 10.1. The minimum atomic E-state index is -0.138. The number of thiazole rings is 1. The number of anilines is 1. The van der Waals surface area contributed by atoms with E-state index in [-0.39, 0.29) is 5.78 Å². The number of ketones is 1. The van der Waals surface area contributed by atoms with Gasteiger partial charge in [-0.25, -0.2) is 4.98 Å². The van der Waals surface area contributed by atoms with Crippen molar-refractivity contribution in [3.05, 3.63) is 64.6 Å². The van der Waals surface area contributed by atoms with Crippen LogP contribution in [-0.2, 0) is 0 Å². The van der Waals surface area contributed by atoms with E-state index < -0.39 is 0 Å². The Labute approximate surface area is 173 Å². The van der Waals surface area contributed by atoms with Gasteiger partial charge in [0.2, 0.25) is 0 Å². The lowest BCUT2D eigenvalue weighted by Gasteiger charge is -2.13. The first-order valence-corrected chi connectivity index (χ1v) is 9.60. The fraction of sp³-hybridized carbons (Fsp3) is 0.136. The highest BCUT2D eigenvalue weighted by Crippen LogP contribution is 2.34. The molecular formula is C22H19N3O3S. The molecule has 0 aliphatic carbocycles. The summed E-state index contributed by atoms with van der Waals surface area (Å²) in [5, 5.41) is 15.1. The van der Waals surface area contributed by atoms with Gasteiger partial charge in [-0.1, -0.05) is 30.3 Å². The molecule has 1 heterocycles. The molecule has 3 rings (SSSR count). The normalized spacial score (nSPS) is 10.9. The van der Waals surface area contributed by atoms with Crippen molar-refractivity contribution in [3.63, 3.8) is 0 Å². The second-order valence-corrected chi connectivity index (χ2v) is 6.89. The zero-order valence-corrected chi connectivity index (χ0v) is 17.0. The number of Topliss-reactive ketones (excluding diaryl/α,β-unsaturated/α-hetero) is 1. The summed E-state index contributed by atoms with van der Waals surface area (Å²) in [6.45, 7) is 1.47. The minimum absolute atomic E-state index is 0.138. The third-order valence-corrected chi connectivity index (χ3v) is 5.08. The fourth-order valence-electron chi connectivity index (χ4n) is 2.72. The van der Waals surface area contributed by atoms with Crippen molar-refractivity contribution < 1.29 is 14.3 Å². The molecule has 0 bridgehead atoms. The van der Waals surface area contributed by atoms with Crippen molar-refractivity contribution in [1.82, 2.24) is 4.98 Å². The summed E-state index contributed by atoms with van der Waals surface area (Å²) in [6.07, 6.45) is 1.54. The minimum Gasteiger partial charge on any atom is -0.493 e. The van der Waals surface area contributed by atoms with Crippen molar-refractivity contribution >= 4 is 28.4 Å². The van der Waals surface area contributed by atoms with Crippen LogP contribution in [0, 0.1) is 11.3 Å². The van der Waals surface area contributed by atoms with Gasteiger partial charge in [-0.3, -0.25) is 4.79 Å². The van der Waals surface area contributed by atoms with Crippen LogP contribution in [0.25, 0.3) is 16.8 Å². The molecule has 0 aliphatic heterocycles. The number of ether oxygens (including phenoxy) is 2. The Hall–Kier alpha value is -3.63. The molecule has 0 atom stereocenters. The van der Waals surface area contributed by atoms with Gasteiger partial charge in [0.15, 0.2) is 17.3 Å². The SMILES string of the molecule is COc1cc(NC=C(C#N)c2nc(-c3ccccc3)cs2)c(C(C)=O)cc1OC. The summed E-state index contributed by atoms with van der Waals surface area (Å²) < 4.78 is 10.6. The molecule has 146 valence electrons. The van der Waals surface area contributed by atoms with Gasteiger partial charge >= 0.3 is 0 Å². The number of nitrogens with one attached hydrogen (secondary N) is 1. The van der Waals surface area contributed by atoms with E-state index in [0.717, 1.165) is 11.3 Å². The Balaban J connectivity index is 1.93. The molecule has 0 fully saturated rings. The third-order valence-electron chi connectivity index (χ3n) is 4.20. The topological polar surface area (TPSA) is 84.2 Å². The second-order valence-electron chi connectivity index (χ2n) is 6.03. The van der Waals surface area contributed by atoms with Crippen LogP contribution in [0.15, 0.2) is 54.0 Å². The van der Waals surface area contributed by atoms with Gasteiger partial charge in [0.25, 0.3) is 0 Å². The maximum Gasteiger partial charge on any atom is 0.162 e. The molecule has 0 saturated heterocycles. The summed E-state index contributed by atoms with van der Waals surface area (Å²) in [7, 11) is 3.03. The van der Waals surface area contributed by atoms with Crippen LogP contribution in [-0.4, -0.2) is 25.0 Å². The van der Waals surface area contributed by atoms with E-state index in [4.69, 9.17) is 9.47 Å². The fourth-order valence-corrected chi connectivity index (χ4v) is 3.52. The van der Waals surface area contributed by atoms with E-state index in [1.165, 1.54) is 32.5 Å². The number of benzene rings is 2. The average Bonchev–Trinajstić information content (AvgIpc) is 3.24. The van der Waals surface area contributed by atoms with Crippen LogP contribution in [0.3, 0.4) is 0 Å². The molecule has 7 heteroatoms. The van der Waals surface area contributed by atoms with Gasteiger partial charge in [-0.05, 0) is 13.0 Å². The van der Waals surface area contributed by atoms with Crippen molar-refractivity contribution in [2.75, 3.05) is 19.5 Å². The van der Waals surface area contributed by atoms with Crippen LogP contribution < -0.4 is 14.8 Å². The van der Waals surface area contributed by atoms with Gasteiger partial charge in [-0.15, -0.1) is 11.3 Å². The summed E-state index contributed by atoms with van der Waals surface area (Å²) in [5.41, 5.74) is 3.10. The third kappa shape index (κ3) is 4.45. The molecule has 0 spiro atoms. The number of rotatable bonds is 7. The summed E-state index contributed by atoms with van der Waals surface area (Å²) in [5.74, 6) is 0.800. The molecule has 2 aromatic carbocycles. The molecule has 0 saturated carbocycles. The highest BCUT2D eigenvalue weighted by Gasteiger charge is 2.15. The van der Waals surface area contributed by atoms with E-state index in [9.17, 15) is 10.1 Å². The molecule has 0 aliphatic rings. The van der Waals surface area contributed by atoms with Crippen LogP contribution >= 0.6 is 11.3 Å². The Kier molecular flexibility index (Phi) is 6.27. The first-order chi connectivity index (χ1) is 14.1. The highest BCUT2D eigenvalue weighted by molar-refractivity contribution is 7.11. The number of nitrogens with zero attached hydrogens (tertiary/aromatic N) is 2. The Morgan fingerprint density at radius 1 is 1.17 bits per heavy atom. The second kappa shape index (κ2) is 9.04. The number of carbonyl (C=O) groups excluding carboxylic acids is 1. The van der Waals surface area contributed by atoms with Gasteiger partial charge in [0.05, 0.1) is 25.6 Å². The van der Waals surface area contributed by atoms with Crippen LogP contribution in [0.2, 0.25) is 0 Å². The molecule has 1 N–H and O–H groups in total. The molecule has 3 aromatic rings. The number of carbonyl (C=O) groups is 1. The Morgan fingerprint density at radius 2 is 1.86 bits per heavy atom. The Bertz CT molecular complexity index is 1100. The lowest BCUT2D eigenvalue weighted by Crippen LogP contribution is -2.03. The number of hydrogen-bond acceptors (Lipinski definition) is 7. The van der Waals surface area contributed by atoms with E-state index in [0.29, 0.717) is 33.3 Å². The zero-order chi connectivity index (χ0) is 20.8. The predicted molar refractivity (Wildman–Crippen MR) is 114 cm³/mol. The van der Waals surface area contributed by atoms with Crippen LogP contribution in [0.5, 0.6) is 11.5 Å². The van der Waals surface area contributed by atoms with E-state index in [1.807, 2.05) is 35.7 Å². The molecule has 6 nitrogen and oxygen atoms in total. The number of aromatic nitrogens is 1. The largest absolute Gasteiger partial charge is 0.493 e. The molecule has 1 aromatic heterocycles. The quantitative estimate of drug-likeness (QED) is 0.439. The molecule has 0 unspecified atom stereocenters. The van der Waals surface area contributed by atoms with Crippen LogP contribution in [0.4, 0.5) is 5.69 Å². The van der Waals surface area contributed by atoms with Crippen molar-refractivity contribution in [1.29, 1.82) is 5.26 Å². The summed E-state index contributed by atoms with van der Waals surface area (Å²) in [6, 6.07) is 15.2. The maximum atomic E-state index is 12.0. The average molecular weight is 405 g/mol. The number of hydrogen-bond donors (Lipinski definition) is 1. The van der Waals surface area contributed by atoms with Crippen molar-refractivity contribution in [2.45, 2.75) is 6.92 Å². The summed E-state index contributed by atoms with van der Waals surface area (Å²) >= 11 is 1.38. The highest BCUT2D eigenvalue weighted by atomic mass is 32.1. The smallest absolute Gasteiger partial charge is 0.162 e. The maximum absolute atomic E-state index is 12.0. The standard InChI is InChI=1S/C22H19N3O3S/c1-14(26)17-9-20(27-2)21(28-3)10-18(17)24-12-16(11-23)22-25-19(13-29-22)15-7-5-4-6-8-15/h4-10,12-13,24H,1-3H3. The molecule has 29 heavy (non-hydrogen) atoms. The zero-order valence-electron chi connectivity index (χ0n) is 16.2. The number of allylic oxidation sites excluding steroid dienone is 1. The van der Waals surface area contributed by atoms with Crippen molar-refractivity contribution in [2.24, 2.45) is 0 Å². The van der Waals surface area contributed by atoms with Gasteiger partial charge in [0, 0.05) is 28.8 Å². The van der Waals surface area contributed by atoms with Gasteiger partial charge in [0.1, 0.15) is 16.6 Å². The summed E-state index contributed by atoms with van der Waals surface area (Å²) in [4.78, 5) is 16.6. The van der Waals surface area contributed by atoms with E-state index in [2.05, 4.69) is 16.4 Å². The monoisotopic (exact) mass is 405 g/mol. The van der Waals surface area contributed by atoms with Crippen LogP contribution in [0.1, 0.15) is 22.3 Å². The first kappa shape index (κ1) is 20.1. The first-order valence-electron chi connectivity index (χ1n) is 8.72. The Morgan fingerprint density at radius 3 is 2.48 bits per heavy atom. The molecular weight excluding hydrogens is 386 g/mol. The predicted octanol–water partition coefficient (Wildman–Crippen LogP) is 5.01. The van der Waals surface area contributed by atoms with E-state index >= 15 is 0 Å². The molecule has 0 radical (unpaired) electrons. The lowest BCUT2D eigenvalue weighted by molar-refractivity contribution is 0.101.